The lowest BCUT2D eigenvalue weighted by atomic mass is 10.2. The van der Waals surface area contributed by atoms with Gasteiger partial charge in [-0.1, -0.05) is 48.0 Å². The molecule has 0 aliphatic carbocycles. The van der Waals surface area contributed by atoms with Crippen LogP contribution >= 0.6 is 11.8 Å². The number of nitrogens with zero attached hydrogens (tertiary/aromatic N) is 1. The van der Waals surface area contributed by atoms with Gasteiger partial charge in [-0.25, -0.2) is 5.43 Å². The van der Waals surface area contributed by atoms with Gasteiger partial charge in [-0.3, -0.25) is 9.59 Å². The average molecular weight is 341 g/mol. The molecule has 0 heterocycles. The van der Waals surface area contributed by atoms with Crippen molar-refractivity contribution >= 4 is 35.5 Å². The number of para-hydroxylation sites is 1. The van der Waals surface area contributed by atoms with E-state index in [1.807, 2.05) is 61.5 Å². The van der Waals surface area contributed by atoms with Crippen LogP contribution in [0.1, 0.15) is 11.1 Å². The van der Waals surface area contributed by atoms with Crippen LogP contribution in [0, 0.1) is 6.92 Å². The number of carbonyl (C=O) groups excluding carboxylic acids is 2. The molecule has 6 heteroatoms. The molecule has 0 bridgehead atoms. The minimum absolute atomic E-state index is 0.137. The first-order valence-electron chi connectivity index (χ1n) is 7.45. The van der Waals surface area contributed by atoms with Gasteiger partial charge in [-0.15, -0.1) is 11.8 Å². The number of hydrazone groups is 1. The van der Waals surface area contributed by atoms with Crippen molar-refractivity contribution in [3.8, 4) is 0 Å². The summed E-state index contributed by atoms with van der Waals surface area (Å²) in [4.78, 5) is 23.4. The van der Waals surface area contributed by atoms with Gasteiger partial charge in [-0.05, 0) is 24.6 Å². The highest BCUT2D eigenvalue weighted by Crippen LogP contribution is 2.07. The van der Waals surface area contributed by atoms with Crippen LogP contribution in [0.2, 0.25) is 0 Å². The minimum atomic E-state index is -0.240. The molecule has 0 atom stereocenters. The van der Waals surface area contributed by atoms with Crippen molar-refractivity contribution in [3.63, 3.8) is 0 Å². The number of rotatable bonds is 7. The maximum Gasteiger partial charge on any atom is 0.250 e. The Morgan fingerprint density at radius 2 is 1.67 bits per heavy atom. The van der Waals surface area contributed by atoms with Crippen LogP contribution in [0.25, 0.3) is 0 Å². The number of nitrogens with one attached hydrogen (secondary N) is 2. The van der Waals surface area contributed by atoms with Gasteiger partial charge in [0.1, 0.15) is 0 Å². The molecule has 0 saturated heterocycles. The predicted molar refractivity (Wildman–Crippen MR) is 99.3 cm³/mol. The van der Waals surface area contributed by atoms with E-state index in [0.29, 0.717) is 0 Å². The summed E-state index contributed by atoms with van der Waals surface area (Å²) in [5, 5.41) is 6.66. The fourth-order valence-corrected chi connectivity index (χ4v) is 2.43. The Bertz CT molecular complexity index is 700. The first-order valence-corrected chi connectivity index (χ1v) is 8.60. The van der Waals surface area contributed by atoms with E-state index in [4.69, 9.17) is 0 Å². The molecular weight excluding hydrogens is 322 g/mol. The van der Waals surface area contributed by atoms with Crippen LogP contribution in [0.5, 0.6) is 0 Å². The smallest absolute Gasteiger partial charge is 0.250 e. The maximum atomic E-state index is 11.7. The zero-order chi connectivity index (χ0) is 17.2. The standard InChI is InChI=1S/C18H19N3O2S/c1-14-7-9-15(10-8-14)11-19-21-18(23)13-24-12-17(22)20-16-5-3-2-4-6-16/h2-11H,12-13H2,1H3,(H,20,22)(H,21,23). The SMILES string of the molecule is Cc1ccc(C=NNC(=O)CSCC(=O)Nc2ccccc2)cc1. The van der Waals surface area contributed by atoms with Crippen LogP contribution in [-0.4, -0.2) is 29.5 Å². The third-order valence-electron chi connectivity index (χ3n) is 3.00. The van der Waals surface area contributed by atoms with Crippen molar-refractivity contribution < 1.29 is 9.59 Å². The third kappa shape index (κ3) is 6.66. The van der Waals surface area contributed by atoms with Gasteiger partial charge >= 0.3 is 0 Å². The van der Waals surface area contributed by atoms with Crippen molar-refractivity contribution in [3.05, 3.63) is 65.7 Å². The van der Waals surface area contributed by atoms with E-state index in [0.717, 1.165) is 11.3 Å². The summed E-state index contributed by atoms with van der Waals surface area (Å²) in [6.45, 7) is 2.01. The van der Waals surface area contributed by atoms with Gasteiger partial charge in [-0.2, -0.15) is 5.10 Å². The van der Waals surface area contributed by atoms with Crippen LogP contribution in [0.4, 0.5) is 5.69 Å². The molecule has 0 spiro atoms. The molecule has 0 fully saturated rings. The van der Waals surface area contributed by atoms with Crippen molar-refractivity contribution in [2.24, 2.45) is 5.10 Å². The molecule has 124 valence electrons. The molecule has 2 N–H and O–H groups in total. The second kappa shape index (κ2) is 9.52. The number of thioether (sulfide) groups is 1. The van der Waals surface area contributed by atoms with E-state index in [1.165, 1.54) is 17.3 Å². The Morgan fingerprint density at radius 1 is 1.00 bits per heavy atom. The second-order valence-electron chi connectivity index (χ2n) is 5.11. The molecule has 0 saturated carbocycles. The van der Waals surface area contributed by atoms with E-state index in [-0.39, 0.29) is 23.3 Å². The average Bonchev–Trinajstić information content (AvgIpc) is 2.57. The van der Waals surface area contributed by atoms with Crippen LogP contribution in [-0.2, 0) is 9.59 Å². The van der Waals surface area contributed by atoms with Gasteiger partial charge < -0.3 is 5.32 Å². The Balaban J connectivity index is 1.64. The first-order chi connectivity index (χ1) is 11.6. The molecule has 0 unspecified atom stereocenters. The number of hydrogen-bond acceptors (Lipinski definition) is 4. The van der Waals surface area contributed by atoms with E-state index in [9.17, 15) is 9.59 Å². The van der Waals surface area contributed by atoms with Gasteiger partial charge in [0.15, 0.2) is 0 Å². The summed E-state index contributed by atoms with van der Waals surface area (Å²) >= 11 is 1.24. The topological polar surface area (TPSA) is 70.6 Å². The van der Waals surface area contributed by atoms with E-state index < -0.39 is 0 Å². The summed E-state index contributed by atoms with van der Waals surface area (Å²) in [6, 6.07) is 17.0. The zero-order valence-corrected chi connectivity index (χ0v) is 14.2. The highest BCUT2D eigenvalue weighted by atomic mass is 32.2. The normalized spacial score (nSPS) is 10.5. The van der Waals surface area contributed by atoms with Crippen molar-refractivity contribution in [1.82, 2.24) is 5.43 Å². The lowest BCUT2D eigenvalue weighted by molar-refractivity contribution is -0.118. The minimum Gasteiger partial charge on any atom is -0.325 e. The molecule has 0 aliphatic heterocycles. The summed E-state index contributed by atoms with van der Waals surface area (Å²) < 4.78 is 0. The monoisotopic (exact) mass is 341 g/mol. The molecule has 2 amide bonds. The van der Waals surface area contributed by atoms with Gasteiger partial charge in [0.2, 0.25) is 11.8 Å². The lowest BCUT2D eigenvalue weighted by Gasteiger charge is -2.04. The molecule has 0 aliphatic rings. The Labute approximate surface area is 145 Å². The predicted octanol–water partition coefficient (Wildman–Crippen LogP) is 2.82. The number of aryl methyl sites for hydroxylation is 1. The summed E-state index contributed by atoms with van der Waals surface area (Å²) in [7, 11) is 0. The molecule has 2 aromatic rings. The number of anilines is 1. The molecule has 5 nitrogen and oxygen atoms in total. The quantitative estimate of drug-likeness (QED) is 0.601. The van der Waals surface area contributed by atoms with Crippen LogP contribution in [0.3, 0.4) is 0 Å². The fourth-order valence-electron chi connectivity index (χ4n) is 1.82. The summed E-state index contributed by atoms with van der Waals surface area (Å²) in [5.41, 5.74) is 5.27. The van der Waals surface area contributed by atoms with Gasteiger partial charge in [0.05, 0.1) is 17.7 Å². The van der Waals surface area contributed by atoms with Gasteiger partial charge in [0.25, 0.3) is 0 Å². The van der Waals surface area contributed by atoms with Crippen molar-refractivity contribution in [2.45, 2.75) is 6.92 Å². The first kappa shape index (κ1) is 17.7. The third-order valence-corrected chi connectivity index (χ3v) is 3.94. The van der Waals surface area contributed by atoms with Crippen molar-refractivity contribution in [1.29, 1.82) is 0 Å². The lowest BCUT2D eigenvalue weighted by Crippen LogP contribution is -2.21. The Kier molecular flexibility index (Phi) is 7.04. The second-order valence-corrected chi connectivity index (χ2v) is 6.10. The number of amides is 2. The molecule has 0 aromatic heterocycles. The highest BCUT2D eigenvalue weighted by Gasteiger charge is 2.05. The molecule has 2 aromatic carbocycles. The number of hydrogen-bond donors (Lipinski definition) is 2. The van der Waals surface area contributed by atoms with E-state index in [2.05, 4.69) is 15.8 Å². The number of benzene rings is 2. The molecular formula is C18H19N3O2S. The Morgan fingerprint density at radius 3 is 2.38 bits per heavy atom. The van der Waals surface area contributed by atoms with E-state index >= 15 is 0 Å². The largest absolute Gasteiger partial charge is 0.325 e. The fraction of sp³-hybridized carbons (Fsp3) is 0.167. The number of carbonyl (C=O) groups is 2. The Hall–Kier alpha value is -2.60. The van der Waals surface area contributed by atoms with Gasteiger partial charge in [0, 0.05) is 5.69 Å². The summed E-state index contributed by atoms with van der Waals surface area (Å²) in [6.07, 6.45) is 1.59. The maximum absolute atomic E-state index is 11.7. The molecule has 2 rings (SSSR count). The van der Waals surface area contributed by atoms with Crippen LogP contribution in [0.15, 0.2) is 59.7 Å². The van der Waals surface area contributed by atoms with Crippen molar-refractivity contribution in [2.75, 3.05) is 16.8 Å². The molecule has 0 radical (unpaired) electrons. The van der Waals surface area contributed by atoms with Crippen LogP contribution < -0.4 is 10.7 Å². The van der Waals surface area contributed by atoms with E-state index in [1.54, 1.807) is 6.21 Å². The molecule has 24 heavy (non-hydrogen) atoms. The summed E-state index contributed by atoms with van der Waals surface area (Å²) in [5.74, 6) is 0.00952. The zero-order valence-electron chi connectivity index (χ0n) is 13.4. The highest BCUT2D eigenvalue weighted by molar-refractivity contribution is 8.00.